The highest BCUT2D eigenvalue weighted by Crippen LogP contribution is 2.34. The van der Waals surface area contributed by atoms with Crippen molar-refractivity contribution in [2.24, 2.45) is 0 Å². The summed E-state index contributed by atoms with van der Waals surface area (Å²) in [6.45, 7) is 0. The van der Waals surface area contributed by atoms with E-state index in [0.717, 1.165) is 11.1 Å². The second kappa shape index (κ2) is 9.08. The van der Waals surface area contributed by atoms with Crippen molar-refractivity contribution in [3.8, 4) is 11.1 Å². The average Bonchev–Trinajstić information content (AvgIpc) is 2.85. The van der Waals surface area contributed by atoms with E-state index in [1.54, 1.807) is 66.7 Å². The minimum atomic E-state index is -3.81. The Morgan fingerprint density at radius 3 is 1.91 bits per heavy atom. The van der Waals surface area contributed by atoms with Crippen LogP contribution >= 0.6 is 0 Å². The first-order valence-electron chi connectivity index (χ1n) is 10.1. The van der Waals surface area contributed by atoms with Crippen molar-refractivity contribution in [3.63, 3.8) is 0 Å². The van der Waals surface area contributed by atoms with Crippen LogP contribution in [0.15, 0.2) is 114 Å². The Bertz CT molecular complexity index is 1320. The summed E-state index contributed by atoms with van der Waals surface area (Å²) in [7, 11) is -2.33. The van der Waals surface area contributed by atoms with Gasteiger partial charge in [0.2, 0.25) is 0 Å². The molecule has 0 saturated heterocycles. The number of sulfonamides is 1. The van der Waals surface area contributed by atoms with Gasteiger partial charge in [-0.1, -0.05) is 72.8 Å². The molecule has 4 aromatic rings. The first-order chi connectivity index (χ1) is 15.5. The number of nitrogens with zero attached hydrogens (tertiary/aromatic N) is 1. The summed E-state index contributed by atoms with van der Waals surface area (Å²) in [4.78, 5) is 13.1. The van der Waals surface area contributed by atoms with Crippen LogP contribution in [0, 0.1) is 0 Å². The smallest absolute Gasteiger partial charge is 0.264 e. The van der Waals surface area contributed by atoms with Gasteiger partial charge in [0.15, 0.2) is 0 Å². The van der Waals surface area contributed by atoms with Gasteiger partial charge in [-0.05, 0) is 47.5 Å². The lowest BCUT2D eigenvalue weighted by Crippen LogP contribution is -2.28. The van der Waals surface area contributed by atoms with Gasteiger partial charge in [-0.2, -0.15) is 0 Å². The van der Waals surface area contributed by atoms with Crippen molar-refractivity contribution in [2.45, 2.75) is 4.90 Å². The van der Waals surface area contributed by atoms with Crippen molar-refractivity contribution >= 4 is 27.3 Å². The fraction of sp³-hybridized carbons (Fsp3) is 0.0385. The highest BCUT2D eigenvalue weighted by Gasteiger charge is 2.24. The maximum Gasteiger partial charge on any atom is 0.264 e. The zero-order valence-electron chi connectivity index (χ0n) is 17.5. The number of amides is 1. The zero-order chi connectivity index (χ0) is 22.6. The van der Waals surface area contributed by atoms with Crippen molar-refractivity contribution in [1.82, 2.24) is 0 Å². The molecule has 1 N–H and O–H groups in total. The van der Waals surface area contributed by atoms with Gasteiger partial charge in [-0.3, -0.25) is 9.10 Å². The molecule has 0 aromatic heterocycles. The summed E-state index contributed by atoms with van der Waals surface area (Å²) in [6, 6.07) is 32.1. The first kappa shape index (κ1) is 21.3. The van der Waals surface area contributed by atoms with E-state index in [0.29, 0.717) is 16.9 Å². The molecular weight excluding hydrogens is 420 g/mol. The number of rotatable bonds is 6. The predicted molar refractivity (Wildman–Crippen MR) is 128 cm³/mol. The van der Waals surface area contributed by atoms with Crippen molar-refractivity contribution < 1.29 is 13.2 Å². The monoisotopic (exact) mass is 442 g/mol. The quantitative estimate of drug-likeness (QED) is 0.433. The van der Waals surface area contributed by atoms with Crippen LogP contribution in [0.25, 0.3) is 11.1 Å². The Labute approximate surface area is 188 Å². The number of carbonyl (C=O) groups excluding carboxylic acids is 1. The molecule has 5 nitrogen and oxygen atoms in total. The van der Waals surface area contributed by atoms with Crippen LogP contribution in [0.5, 0.6) is 0 Å². The Kier molecular flexibility index (Phi) is 6.05. The van der Waals surface area contributed by atoms with E-state index in [4.69, 9.17) is 0 Å². The fourth-order valence-electron chi connectivity index (χ4n) is 3.38. The van der Waals surface area contributed by atoms with Gasteiger partial charge in [0.1, 0.15) is 0 Å². The molecule has 32 heavy (non-hydrogen) atoms. The lowest BCUT2D eigenvalue weighted by Gasteiger charge is -2.23. The lowest BCUT2D eigenvalue weighted by atomic mass is 10.0. The molecule has 0 aliphatic rings. The van der Waals surface area contributed by atoms with Gasteiger partial charge >= 0.3 is 0 Å². The number of hydrogen-bond donors (Lipinski definition) is 1. The van der Waals surface area contributed by atoms with E-state index >= 15 is 0 Å². The van der Waals surface area contributed by atoms with E-state index in [9.17, 15) is 13.2 Å². The van der Waals surface area contributed by atoms with Crippen LogP contribution in [0.2, 0.25) is 0 Å². The third-order valence-electron chi connectivity index (χ3n) is 5.13. The van der Waals surface area contributed by atoms with Gasteiger partial charge in [-0.25, -0.2) is 8.42 Å². The molecule has 0 aliphatic heterocycles. The van der Waals surface area contributed by atoms with Crippen LogP contribution in [0.1, 0.15) is 10.4 Å². The highest BCUT2D eigenvalue weighted by molar-refractivity contribution is 7.92. The topological polar surface area (TPSA) is 66.5 Å². The van der Waals surface area contributed by atoms with E-state index in [2.05, 4.69) is 5.32 Å². The standard InChI is InChI=1S/C26H22N2O3S/c1-28(32(30,31)23-15-9-4-10-16-23)25-18-17-22(20-11-5-2-6-12-20)19-24(25)27-26(29)21-13-7-3-8-14-21/h2-19H,1H3,(H,27,29). The molecule has 0 spiro atoms. The van der Waals surface area contributed by atoms with Crippen LogP contribution in [0.3, 0.4) is 0 Å². The maximum atomic E-state index is 13.2. The lowest BCUT2D eigenvalue weighted by molar-refractivity contribution is 0.102. The molecule has 0 radical (unpaired) electrons. The second-order valence-electron chi connectivity index (χ2n) is 7.20. The number of benzene rings is 4. The Balaban J connectivity index is 1.78. The third-order valence-corrected chi connectivity index (χ3v) is 6.91. The average molecular weight is 443 g/mol. The normalized spacial score (nSPS) is 11.0. The van der Waals surface area contributed by atoms with Crippen LogP contribution < -0.4 is 9.62 Å². The number of nitrogens with one attached hydrogen (secondary N) is 1. The van der Waals surface area contributed by atoms with Crippen molar-refractivity contribution in [1.29, 1.82) is 0 Å². The van der Waals surface area contributed by atoms with Gasteiger partial charge in [-0.15, -0.1) is 0 Å². The molecule has 0 unspecified atom stereocenters. The summed E-state index contributed by atoms with van der Waals surface area (Å²) >= 11 is 0. The van der Waals surface area contributed by atoms with Crippen LogP contribution in [-0.4, -0.2) is 21.4 Å². The number of anilines is 2. The molecule has 0 atom stereocenters. The molecule has 0 heterocycles. The van der Waals surface area contributed by atoms with Gasteiger partial charge in [0.05, 0.1) is 16.3 Å². The van der Waals surface area contributed by atoms with Gasteiger partial charge in [0.25, 0.3) is 15.9 Å². The summed E-state index contributed by atoms with van der Waals surface area (Å²) in [5.41, 5.74) is 3.09. The Morgan fingerprint density at radius 1 is 0.719 bits per heavy atom. The summed E-state index contributed by atoms with van der Waals surface area (Å²) in [6.07, 6.45) is 0. The minimum absolute atomic E-state index is 0.176. The maximum absolute atomic E-state index is 13.2. The molecule has 160 valence electrons. The number of hydrogen-bond acceptors (Lipinski definition) is 3. The molecule has 0 aliphatic carbocycles. The molecule has 1 amide bonds. The van der Waals surface area contributed by atoms with E-state index < -0.39 is 10.0 Å². The van der Waals surface area contributed by atoms with E-state index in [1.165, 1.54) is 11.4 Å². The molecule has 0 bridgehead atoms. The van der Waals surface area contributed by atoms with Crippen LogP contribution in [-0.2, 0) is 10.0 Å². The van der Waals surface area contributed by atoms with Crippen molar-refractivity contribution in [3.05, 3.63) is 115 Å². The van der Waals surface area contributed by atoms with E-state index in [1.807, 2.05) is 42.5 Å². The van der Waals surface area contributed by atoms with Gasteiger partial charge in [0, 0.05) is 12.6 Å². The van der Waals surface area contributed by atoms with Crippen LogP contribution in [0.4, 0.5) is 11.4 Å². The molecular formula is C26H22N2O3S. The molecule has 6 heteroatoms. The Morgan fingerprint density at radius 2 is 1.28 bits per heavy atom. The molecule has 0 saturated carbocycles. The van der Waals surface area contributed by atoms with Crippen molar-refractivity contribution in [2.75, 3.05) is 16.7 Å². The molecule has 4 aromatic carbocycles. The second-order valence-corrected chi connectivity index (χ2v) is 9.17. The Hall–Kier alpha value is -3.90. The summed E-state index contributed by atoms with van der Waals surface area (Å²) < 4.78 is 27.6. The number of carbonyl (C=O) groups is 1. The summed E-state index contributed by atoms with van der Waals surface area (Å²) in [5, 5.41) is 2.90. The predicted octanol–water partition coefficient (Wildman–Crippen LogP) is 5.43. The SMILES string of the molecule is CN(c1ccc(-c2ccccc2)cc1NC(=O)c1ccccc1)S(=O)(=O)c1ccccc1. The summed E-state index contributed by atoms with van der Waals surface area (Å²) in [5.74, 6) is -0.317. The molecule has 4 rings (SSSR count). The van der Waals surface area contributed by atoms with Gasteiger partial charge < -0.3 is 5.32 Å². The zero-order valence-corrected chi connectivity index (χ0v) is 18.3. The minimum Gasteiger partial charge on any atom is -0.320 e. The largest absolute Gasteiger partial charge is 0.320 e. The fourth-order valence-corrected chi connectivity index (χ4v) is 4.62. The first-order valence-corrected chi connectivity index (χ1v) is 11.5. The molecule has 0 fully saturated rings. The van der Waals surface area contributed by atoms with E-state index in [-0.39, 0.29) is 10.8 Å². The highest BCUT2D eigenvalue weighted by atomic mass is 32.2. The third kappa shape index (κ3) is 4.40.